The Labute approximate surface area is 122 Å². The Balaban J connectivity index is 1.54. The first-order valence-corrected chi connectivity index (χ1v) is 7.33. The van der Waals surface area contributed by atoms with Gasteiger partial charge in [0.25, 0.3) is 0 Å². The highest BCUT2D eigenvalue weighted by molar-refractivity contribution is 5.41. The van der Waals surface area contributed by atoms with E-state index in [1.807, 2.05) is 0 Å². The van der Waals surface area contributed by atoms with Crippen LogP contribution in [0, 0.1) is 0 Å². The summed E-state index contributed by atoms with van der Waals surface area (Å²) in [5.74, 6) is 0.922. The summed E-state index contributed by atoms with van der Waals surface area (Å²) in [5, 5.41) is 3.39. The second-order valence-electron chi connectivity index (χ2n) is 5.40. The number of pyridine rings is 1. The monoisotopic (exact) mass is 298 g/mol. The van der Waals surface area contributed by atoms with Gasteiger partial charge in [-0.1, -0.05) is 0 Å². The van der Waals surface area contributed by atoms with Crippen LogP contribution in [0.3, 0.4) is 0 Å². The van der Waals surface area contributed by atoms with Crippen LogP contribution in [-0.4, -0.2) is 61.8 Å². The lowest BCUT2D eigenvalue weighted by Crippen LogP contribution is -2.51. The molecule has 2 aliphatic heterocycles. The summed E-state index contributed by atoms with van der Waals surface area (Å²) in [5.41, 5.74) is 0. The molecule has 3 rings (SSSR count). The second-order valence-corrected chi connectivity index (χ2v) is 5.40. The number of anilines is 1. The quantitative estimate of drug-likeness (QED) is 0.903. The van der Waals surface area contributed by atoms with Crippen LogP contribution in [0.4, 0.5) is 14.6 Å². The Morgan fingerprint density at radius 3 is 2.62 bits per heavy atom. The molecule has 1 unspecified atom stereocenters. The number of rotatable bonds is 4. The number of piperazine rings is 1. The summed E-state index contributed by atoms with van der Waals surface area (Å²) in [6.07, 6.45) is 2.58. The number of halogens is 2. The predicted molar refractivity (Wildman–Crippen MR) is 75.9 cm³/mol. The SMILES string of the molecule is FC(F)Oc1ccc(N2CCN(C3CCNC3)CC2)nc1. The van der Waals surface area contributed by atoms with Crippen molar-refractivity contribution in [2.75, 3.05) is 44.2 Å². The first-order chi connectivity index (χ1) is 10.2. The molecule has 0 amide bonds. The average molecular weight is 298 g/mol. The molecule has 0 radical (unpaired) electrons. The van der Waals surface area contributed by atoms with Crippen molar-refractivity contribution in [3.05, 3.63) is 18.3 Å². The highest BCUT2D eigenvalue weighted by atomic mass is 19.3. The molecule has 116 valence electrons. The molecule has 0 bridgehead atoms. The zero-order valence-corrected chi connectivity index (χ0v) is 11.8. The molecular formula is C14H20F2N4O. The topological polar surface area (TPSA) is 40.6 Å². The van der Waals surface area contributed by atoms with Crippen molar-refractivity contribution < 1.29 is 13.5 Å². The van der Waals surface area contributed by atoms with Gasteiger partial charge < -0.3 is 15.0 Å². The van der Waals surface area contributed by atoms with Crippen molar-refractivity contribution in [1.29, 1.82) is 0 Å². The molecule has 7 heteroatoms. The van der Waals surface area contributed by atoms with Gasteiger partial charge in [-0.3, -0.25) is 4.90 Å². The number of ether oxygens (including phenoxy) is 1. The van der Waals surface area contributed by atoms with Crippen LogP contribution >= 0.6 is 0 Å². The third-order valence-corrected chi connectivity index (χ3v) is 4.13. The third-order valence-electron chi connectivity index (χ3n) is 4.13. The molecule has 1 atom stereocenters. The van der Waals surface area contributed by atoms with Gasteiger partial charge in [-0.15, -0.1) is 0 Å². The van der Waals surface area contributed by atoms with E-state index in [1.165, 1.54) is 12.6 Å². The molecule has 1 aromatic rings. The van der Waals surface area contributed by atoms with E-state index < -0.39 is 6.61 Å². The summed E-state index contributed by atoms with van der Waals surface area (Å²) >= 11 is 0. The van der Waals surface area contributed by atoms with Crippen molar-refractivity contribution in [3.8, 4) is 5.75 Å². The van der Waals surface area contributed by atoms with Crippen molar-refractivity contribution in [2.45, 2.75) is 19.1 Å². The van der Waals surface area contributed by atoms with Crippen LogP contribution in [0.5, 0.6) is 5.75 Å². The Bertz CT molecular complexity index is 443. The van der Waals surface area contributed by atoms with E-state index in [4.69, 9.17) is 0 Å². The second kappa shape index (κ2) is 6.53. The Kier molecular flexibility index (Phi) is 4.50. The maximum atomic E-state index is 12.1. The van der Waals surface area contributed by atoms with Gasteiger partial charge in [0.15, 0.2) is 0 Å². The minimum atomic E-state index is -2.80. The fourth-order valence-electron chi connectivity index (χ4n) is 3.00. The molecule has 0 saturated carbocycles. The van der Waals surface area contributed by atoms with E-state index in [9.17, 15) is 8.78 Å². The van der Waals surface area contributed by atoms with Crippen LogP contribution in [0.1, 0.15) is 6.42 Å². The van der Waals surface area contributed by atoms with Crippen LogP contribution < -0.4 is 15.0 Å². The van der Waals surface area contributed by atoms with Crippen molar-refractivity contribution in [2.24, 2.45) is 0 Å². The van der Waals surface area contributed by atoms with Gasteiger partial charge in [0, 0.05) is 38.8 Å². The predicted octanol–water partition coefficient (Wildman–Crippen LogP) is 1.17. The Morgan fingerprint density at radius 2 is 2.05 bits per heavy atom. The number of hydrogen-bond donors (Lipinski definition) is 1. The van der Waals surface area contributed by atoms with Gasteiger partial charge in [-0.05, 0) is 25.1 Å². The molecule has 0 spiro atoms. The van der Waals surface area contributed by atoms with E-state index in [1.54, 1.807) is 12.1 Å². The highest BCUT2D eigenvalue weighted by Gasteiger charge is 2.26. The zero-order valence-electron chi connectivity index (χ0n) is 11.8. The fraction of sp³-hybridized carbons (Fsp3) is 0.643. The highest BCUT2D eigenvalue weighted by Crippen LogP contribution is 2.20. The third kappa shape index (κ3) is 3.59. The minimum Gasteiger partial charge on any atom is -0.433 e. The van der Waals surface area contributed by atoms with Crippen molar-refractivity contribution >= 4 is 5.82 Å². The lowest BCUT2D eigenvalue weighted by atomic mass is 10.2. The number of aromatic nitrogens is 1. The largest absolute Gasteiger partial charge is 0.433 e. The standard InChI is InChI=1S/C14H20F2N4O/c15-14(16)21-12-1-2-13(18-10-12)20-7-5-19(6-8-20)11-3-4-17-9-11/h1-2,10-11,14,17H,3-9H2. The van der Waals surface area contributed by atoms with Gasteiger partial charge >= 0.3 is 6.61 Å². The number of nitrogens with one attached hydrogen (secondary N) is 1. The number of nitrogens with zero attached hydrogens (tertiary/aromatic N) is 3. The maximum Gasteiger partial charge on any atom is 0.387 e. The van der Waals surface area contributed by atoms with Crippen LogP contribution in [0.2, 0.25) is 0 Å². The van der Waals surface area contributed by atoms with E-state index in [-0.39, 0.29) is 5.75 Å². The molecule has 1 aromatic heterocycles. The number of alkyl halides is 2. The van der Waals surface area contributed by atoms with Gasteiger partial charge in [0.1, 0.15) is 11.6 Å². The molecular weight excluding hydrogens is 278 g/mol. The average Bonchev–Trinajstić information content (AvgIpc) is 3.02. The van der Waals surface area contributed by atoms with Crippen LogP contribution in [0.15, 0.2) is 18.3 Å². The molecule has 1 N–H and O–H groups in total. The molecule has 21 heavy (non-hydrogen) atoms. The minimum absolute atomic E-state index is 0.101. The molecule has 0 aliphatic carbocycles. The Morgan fingerprint density at radius 1 is 1.24 bits per heavy atom. The Hall–Kier alpha value is -1.47. The molecule has 3 heterocycles. The summed E-state index contributed by atoms with van der Waals surface area (Å²) in [6, 6.07) is 3.94. The van der Waals surface area contributed by atoms with Gasteiger partial charge in [-0.25, -0.2) is 4.98 Å². The molecule has 5 nitrogen and oxygen atoms in total. The van der Waals surface area contributed by atoms with Crippen LogP contribution in [0.25, 0.3) is 0 Å². The van der Waals surface area contributed by atoms with Crippen LogP contribution in [-0.2, 0) is 0 Å². The van der Waals surface area contributed by atoms with E-state index in [2.05, 4.69) is 24.8 Å². The first-order valence-electron chi connectivity index (χ1n) is 7.33. The first kappa shape index (κ1) is 14.5. The van der Waals surface area contributed by atoms with E-state index in [0.717, 1.165) is 45.1 Å². The van der Waals surface area contributed by atoms with E-state index in [0.29, 0.717) is 6.04 Å². The molecule has 2 saturated heterocycles. The van der Waals surface area contributed by atoms with Gasteiger partial charge in [0.05, 0.1) is 6.20 Å². The zero-order chi connectivity index (χ0) is 14.7. The van der Waals surface area contributed by atoms with E-state index >= 15 is 0 Å². The molecule has 2 fully saturated rings. The molecule has 0 aromatic carbocycles. The maximum absolute atomic E-state index is 12.1. The number of hydrogen-bond acceptors (Lipinski definition) is 5. The normalized spacial score (nSPS) is 23.8. The smallest absolute Gasteiger partial charge is 0.387 e. The molecule has 2 aliphatic rings. The summed E-state index contributed by atoms with van der Waals surface area (Å²) in [4.78, 5) is 8.92. The van der Waals surface area contributed by atoms with Gasteiger partial charge in [0.2, 0.25) is 0 Å². The summed E-state index contributed by atoms with van der Waals surface area (Å²) in [7, 11) is 0. The lowest BCUT2D eigenvalue weighted by Gasteiger charge is -2.38. The summed E-state index contributed by atoms with van der Waals surface area (Å²) in [6.45, 7) is 3.25. The fourth-order valence-corrected chi connectivity index (χ4v) is 3.00. The van der Waals surface area contributed by atoms with Crippen molar-refractivity contribution in [1.82, 2.24) is 15.2 Å². The lowest BCUT2D eigenvalue weighted by molar-refractivity contribution is -0.0500. The van der Waals surface area contributed by atoms with Gasteiger partial charge in [-0.2, -0.15) is 8.78 Å². The van der Waals surface area contributed by atoms with Crippen molar-refractivity contribution in [3.63, 3.8) is 0 Å². The summed E-state index contributed by atoms with van der Waals surface area (Å²) < 4.78 is 28.5.